The second-order valence-electron chi connectivity index (χ2n) is 4.86. The van der Waals surface area contributed by atoms with E-state index in [2.05, 4.69) is 5.32 Å². The Morgan fingerprint density at radius 3 is 2.62 bits per heavy atom. The van der Waals surface area contributed by atoms with Crippen LogP contribution in [0, 0.1) is 5.92 Å². The smallest absolute Gasteiger partial charge is 0.308 e. The van der Waals surface area contributed by atoms with Crippen molar-refractivity contribution in [3.8, 4) is 0 Å². The maximum Gasteiger partial charge on any atom is 0.308 e. The van der Waals surface area contributed by atoms with Crippen LogP contribution < -0.4 is 5.32 Å². The molecule has 1 aromatic carbocycles. The van der Waals surface area contributed by atoms with Crippen molar-refractivity contribution in [2.45, 2.75) is 32.6 Å². The summed E-state index contributed by atoms with van der Waals surface area (Å²) in [4.78, 5) is 22.7. The van der Waals surface area contributed by atoms with Gasteiger partial charge >= 0.3 is 5.97 Å². The lowest BCUT2D eigenvalue weighted by Gasteiger charge is -2.12. The summed E-state index contributed by atoms with van der Waals surface area (Å²) in [5.41, 5.74) is 0.847. The largest absolute Gasteiger partial charge is 0.481 e. The van der Waals surface area contributed by atoms with Crippen LogP contribution in [-0.2, 0) is 16.0 Å². The highest BCUT2D eigenvalue weighted by atomic mass is 35.5. The molecule has 4 nitrogen and oxygen atoms in total. The van der Waals surface area contributed by atoms with E-state index in [4.69, 9.17) is 28.3 Å². The number of carbonyl (C=O) groups is 2. The molecule has 0 aliphatic carbocycles. The third-order valence-corrected chi connectivity index (χ3v) is 3.76. The highest BCUT2D eigenvalue weighted by Crippen LogP contribution is 2.22. The van der Waals surface area contributed by atoms with E-state index in [9.17, 15) is 9.59 Å². The van der Waals surface area contributed by atoms with Crippen molar-refractivity contribution in [2.75, 3.05) is 6.54 Å². The molecule has 2 N–H and O–H groups in total. The summed E-state index contributed by atoms with van der Waals surface area (Å²) in [5, 5.41) is 12.8. The fourth-order valence-electron chi connectivity index (χ4n) is 1.96. The molecular formula is C15H19Cl2NO3. The van der Waals surface area contributed by atoms with Gasteiger partial charge in [-0.15, -0.1) is 0 Å². The van der Waals surface area contributed by atoms with Crippen molar-refractivity contribution < 1.29 is 14.7 Å². The summed E-state index contributed by atoms with van der Waals surface area (Å²) in [6, 6.07) is 5.15. The van der Waals surface area contributed by atoms with Crippen molar-refractivity contribution in [1.82, 2.24) is 5.32 Å². The van der Waals surface area contributed by atoms with Gasteiger partial charge in [-0.3, -0.25) is 9.59 Å². The SMILES string of the molecule is CCCC(CNC(=O)CCc1ccc(Cl)cc1Cl)C(=O)O. The molecule has 1 aromatic rings. The van der Waals surface area contributed by atoms with Gasteiger partial charge in [0.05, 0.1) is 5.92 Å². The Morgan fingerprint density at radius 1 is 1.33 bits per heavy atom. The molecule has 21 heavy (non-hydrogen) atoms. The molecule has 0 aromatic heterocycles. The average molecular weight is 332 g/mol. The van der Waals surface area contributed by atoms with E-state index in [-0.39, 0.29) is 18.9 Å². The first-order valence-corrected chi connectivity index (χ1v) is 7.63. The molecule has 6 heteroatoms. The highest BCUT2D eigenvalue weighted by molar-refractivity contribution is 6.35. The van der Waals surface area contributed by atoms with E-state index < -0.39 is 11.9 Å². The van der Waals surface area contributed by atoms with Gasteiger partial charge in [-0.05, 0) is 30.5 Å². The Balaban J connectivity index is 2.41. The first-order chi connectivity index (χ1) is 9.93. The number of rotatable bonds is 8. The van der Waals surface area contributed by atoms with Gasteiger partial charge in [0.15, 0.2) is 0 Å². The first kappa shape index (κ1) is 17.8. The number of benzene rings is 1. The lowest BCUT2D eigenvalue weighted by Crippen LogP contribution is -2.33. The molecule has 1 unspecified atom stereocenters. The first-order valence-electron chi connectivity index (χ1n) is 6.87. The monoisotopic (exact) mass is 331 g/mol. The second kappa shape index (κ2) is 8.90. The van der Waals surface area contributed by atoms with Gasteiger partial charge in [0.2, 0.25) is 5.91 Å². The van der Waals surface area contributed by atoms with E-state index in [1.54, 1.807) is 18.2 Å². The summed E-state index contributed by atoms with van der Waals surface area (Å²) < 4.78 is 0. The van der Waals surface area contributed by atoms with Crippen LogP contribution in [0.1, 0.15) is 31.7 Å². The molecule has 0 aliphatic rings. The number of carboxylic acids is 1. The fraction of sp³-hybridized carbons (Fsp3) is 0.467. The zero-order valence-corrected chi connectivity index (χ0v) is 13.4. The number of halogens is 2. The summed E-state index contributed by atoms with van der Waals surface area (Å²) in [5.74, 6) is -1.58. The van der Waals surface area contributed by atoms with Gasteiger partial charge in [0.1, 0.15) is 0 Å². The Bertz CT molecular complexity index is 506. The normalized spacial score (nSPS) is 12.0. The zero-order valence-electron chi connectivity index (χ0n) is 11.9. The van der Waals surface area contributed by atoms with Crippen LogP contribution in [0.15, 0.2) is 18.2 Å². The summed E-state index contributed by atoms with van der Waals surface area (Å²) >= 11 is 11.8. The van der Waals surface area contributed by atoms with Crippen molar-refractivity contribution in [3.05, 3.63) is 33.8 Å². The average Bonchev–Trinajstić information content (AvgIpc) is 2.42. The van der Waals surface area contributed by atoms with Gasteiger partial charge in [-0.2, -0.15) is 0 Å². The van der Waals surface area contributed by atoms with Gasteiger partial charge in [0.25, 0.3) is 0 Å². The minimum atomic E-state index is -0.877. The van der Waals surface area contributed by atoms with Gasteiger partial charge in [-0.1, -0.05) is 42.6 Å². The Hall–Kier alpha value is -1.26. The molecule has 0 heterocycles. The van der Waals surface area contributed by atoms with Gasteiger partial charge in [-0.25, -0.2) is 0 Å². The third-order valence-electron chi connectivity index (χ3n) is 3.17. The second-order valence-corrected chi connectivity index (χ2v) is 5.71. The van der Waals surface area contributed by atoms with Gasteiger partial charge in [0, 0.05) is 23.0 Å². The molecule has 0 saturated carbocycles. The topological polar surface area (TPSA) is 66.4 Å². The predicted octanol–water partition coefficient (Wildman–Crippen LogP) is 3.54. The minimum Gasteiger partial charge on any atom is -0.481 e. The van der Waals surface area contributed by atoms with Crippen molar-refractivity contribution in [1.29, 1.82) is 0 Å². The van der Waals surface area contributed by atoms with Crippen LogP contribution in [-0.4, -0.2) is 23.5 Å². The molecule has 0 saturated heterocycles. The number of hydrogen-bond donors (Lipinski definition) is 2. The Morgan fingerprint density at radius 2 is 2.05 bits per heavy atom. The van der Waals surface area contributed by atoms with E-state index >= 15 is 0 Å². The summed E-state index contributed by atoms with van der Waals surface area (Å²) in [6.07, 6.45) is 2.08. The molecular weight excluding hydrogens is 313 g/mol. The molecule has 116 valence electrons. The molecule has 0 fully saturated rings. The summed E-state index contributed by atoms with van der Waals surface area (Å²) in [7, 11) is 0. The highest BCUT2D eigenvalue weighted by Gasteiger charge is 2.17. The number of amides is 1. The van der Waals surface area contributed by atoms with E-state index in [1.165, 1.54) is 0 Å². The number of hydrogen-bond acceptors (Lipinski definition) is 2. The van der Waals surface area contributed by atoms with Crippen LogP contribution in [0.25, 0.3) is 0 Å². The Kier molecular flexibility index (Phi) is 7.54. The quantitative estimate of drug-likeness (QED) is 0.765. The molecule has 0 bridgehead atoms. The number of carbonyl (C=O) groups excluding carboxylic acids is 1. The van der Waals surface area contributed by atoms with Crippen molar-refractivity contribution >= 4 is 35.1 Å². The Labute approximate surface area is 134 Å². The number of nitrogens with one attached hydrogen (secondary N) is 1. The van der Waals surface area contributed by atoms with Crippen molar-refractivity contribution in [3.63, 3.8) is 0 Å². The van der Waals surface area contributed by atoms with Crippen LogP contribution in [0.5, 0.6) is 0 Å². The fourth-order valence-corrected chi connectivity index (χ4v) is 2.46. The standard InChI is InChI=1S/C15H19Cl2NO3/c1-2-3-11(15(20)21)9-18-14(19)7-5-10-4-6-12(16)8-13(10)17/h4,6,8,11H,2-3,5,7,9H2,1H3,(H,18,19)(H,20,21). The van der Waals surface area contributed by atoms with E-state index in [1.807, 2.05) is 6.92 Å². The maximum absolute atomic E-state index is 11.8. The molecule has 0 spiro atoms. The number of carboxylic acid groups (broad SMARTS) is 1. The van der Waals surface area contributed by atoms with Crippen molar-refractivity contribution in [2.24, 2.45) is 5.92 Å². The molecule has 1 atom stereocenters. The summed E-state index contributed by atoms with van der Waals surface area (Å²) in [6.45, 7) is 2.08. The third kappa shape index (κ3) is 6.36. The molecule has 0 radical (unpaired) electrons. The lowest BCUT2D eigenvalue weighted by atomic mass is 10.0. The zero-order chi connectivity index (χ0) is 15.8. The van der Waals surface area contributed by atoms with Crippen LogP contribution in [0.4, 0.5) is 0 Å². The van der Waals surface area contributed by atoms with E-state index in [0.29, 0.717) is 22.9 Å². The van der Waals surface area contributed by atoms with Crippen LogP contribution in [0.2, 0.25) is 10.0 Å². The van der Waals surface area contributed by atoms with Gasteiger partial charge < -0.3 is 10.4 Å². The minimum absolute atomic E-state index is 0.163. The van der Waals surface area contributed by atoms with E-state index in [0.717, 1.165) is 12.0 Å². The van der Waals surface area contributed by atoms with Crippen LogP contribution in [0.3, 0.4) is 0 Å². The predicted molar refractivity (Wildman–Crippen MR) is 83.8 cm³/mol. The number of aryl methyl sites for hydroxylation is 1. The molecule has 0 aliphatic heterocycles. The lowest BCUT2D eigenvalue weighted by molar-refractivity contribution is -0.141. The number of aliphatic carboxylic acids is 1. The molecule has 1 rings (SSSR count). The maximum atomic E-state index is 11.8. The molecule has 1 amide bonds. The van der Waals surface area contributed by atoms with Crippen LogP contribution >= 0.6 is 23.2 Å².